The third-order valence-corrected chi connectivity index (χ3v) is 7.54. The molecule has 2 aliphatic carbocycles. The molecule has 3 aliphatic rings. The van der Waals surface area contributed by atoms with Gasteiger partial charge in [0.05, 0.1) is 38.0 Å². The molecule has 0 N–H and O–H groups in total. The van der Waals surface area contributed by atoms with E-state index in [1.807, 2.05) is 6.20 Å². The van der Waals surface area contributed by atoms with Crippen molar-refractivity contribution < 1.29 is 4.74 Å². The lowest BCUT2D eigenvalue weighted by molar-refractivity contribution is 0.116. The van der Waals surface area contributed by atoms with E-state index in [1.54, 1.807) is 7.11 Å². The van der Waals surface area contributed by atoms with Crippen LogP contribution in [0, 0.1) is 17.8 Å². The average Bonchev–Trinajstić information content (AvgIpc) is 3.64. The molecular formula is C24H37N7O. The largest absolute Gasteiger partial charge is 0.383 e. The Morgan fingerprint density at radius 1 is 1.09 bits per heavy atom. The first-order valence-electron chi connectivity index (χ1n) is 12.3. The molecule has 0 radical (unpaired) electrons. The van der Waals surface area contributed by atoms with Gasteiger partial charge in [-0.1, -0.05) is 5.22 Å². The summed E-state index contributed by atoms with van der Waals surface area (Å²) < 4.78 is 9.62. The molecule has 2 fully saturated rings. The standard InChI is InChI=1S/C24H37N7O/c1-16(2)31-21(9-10-26-31)24(23(18-5-6-18)19-7-8-19)20-13-27-30(15-20)17(3)22-14-25-28-29(22)11-12-32-4/h9-10,13,15-19,22-24H,5-8,11-12,14H2,1-4H3. The van der Waals surface area contributed by atoms with Crippen LogP contribution in [0.1, 0.15) is 75.7 Å². The molecule has 0 amide bonds. The maximum Gasteiger partial charge on any atom is 0.0923 e. The summed E-state index contributed by atoms with van der Waals surface area (Å²) in [5, 5.41) is 20.2. The summed E-state index contributed by atoms with van der Waals surface area (Å²) in [5.41, 5.74) is 2.68. The molecule has 2 saturated carbocycles. The van der Waals surface area contributed by atoms with Gasteiger partial charge in [-0.05, 0) is 75.8 Å². The van der Waals surface area contributed by atoms with E-state index < -0.39 is 0 Å². The monoisotopic (exact) mass is 439 g/mol. The molecule has 2 aromatic heterocycles. The Morgan fingerprint density at radius 2 is 1.84 bits per heavy atom. The second-order valence-corrected chi connectivity index (χ2v) is 10.2. The third kappa shape index (κ3) is 4.21. The van der Waals surface area contributed by atoms with E-state index in [0.717, 1.165) is 18.4 Å². The van der Waals surface area contributed by atoms with Crippen LogP contribution in [0.3, 0.4) is 0 Å². The normalized spacial score (nSPS) is 22.9. The first kappa shape index (κ1) is 21.6. The van der Waals surface area contributed by atoms with Crippen molar-refractivity contribution in [2.24, 2.45) is 28.1 Å². The van der Waals surface area contributed by atoms with E-state index in [4.69, 9.17) is 14.9 Å². The maximum absolute atomic E-state index is 5.25. The van der Waals surface area contributed by atoms with E-state index in [2.05, 4.69) is 63.9 Å². The highest BCUT2D eigenvalue weighted by Gasteiger charge is 2.47. The number of methoxy groups -OCH3 is 1. The molecule has 3 heterocycles. The number of hydrogen-bond acceptors (Lipinski definition) is 6. The van der Waals surface area contributed by atoms with Gasteiger partial charge in [0.2, 0.25) is 0 Å². The van der Waals surface area contributed by atoms with Crippen LogP contribution >= 0.6 is 0 Å². The van der Waals surface area contributed by atoms with Gasteiger partial charge < -0.3 is 4.74 Å². The Balaban J connectivity index is 1.44. The van der Waals surface area contributed by atoms with E-state index in [0.29, 0.717) is 31.0 Å². The highest BCUT2D eigenvalue weighted by molar-refractivity contribution is 5.28. The number of aromatic nitrogens is 4. The van der Waals surface area contributed by atoms with Crippen LogP contribution < -0.4 is 0 Å². The quantitative estimate of drug-likeness (QED) is 0.517. The van der Waals surface area contributed by atoms with Crippen LogP contribution in [0.15, 0.2) is 35.0 Å². The zero-order chi connectivity index (χ0) is 22.2. The Labute approximate surface area is 191 Å². The van der Waals surface area contributed by atoms with Gasteiger partial charge in [0.15, 0.2) is 0 Å². The molecule has 174 valence electrons. The molecule has 32 heavy (non-hydrogen) atoms. The molecule has 5 rings (SSSR count). The molecule has 2 aromatic rings. The van der Waals surface area contributed by atoms with Crippen molar-refractivity contribution in [3.63, 3.8) is 0 Å². The molecule has 8 heteroatoms. The minimum Gasteiger partial charge on any atom is -0.383 e. The highest BCUT2D eigenvalue weighted by atomic mass is 16.5. The smallest absolute Gasteiger partial charge is 0.0923 e. The van der Waals surface area contributed by atoms with Gasteiger partial charge in [-0.15, -0.1) is 0 Å². The van der Waals surface area contributed by atoms with Crippen LogP contribution in [-0.4, -0.2) is 57.4 Å². The topological polar surface area (TPSA) is 72.8 Å². The lowest BCUT2D eigenvalue weighted by Gasteiger charge is -2.29. The Bertz CT molecular complexity index is 914. The van der Waals surface area contributed by atoms with E-state index in [9.17, 15) is 0 Å². The summed E-state index contributed by atoms with van der Waals surface area (Å²) in [5.74, 6) is 2.76. The van der Waals surface area contributed by atoms with Crippen LogP contribution in [0.4, 0.5) is 0 Å². The minimum atomic E-state index is 0.187. The molecular weight excluding hydrogens is 402 g/mol. The SMILES string of the molecule is COCCN1N=NCC1C(C)n1cc(C(c2ccnn2C(C)C)C(C2CC2)C2CC2)cn1. The van der Waals surface area contributed by atoms with Crippen LogP contribution in [0.25, 0.3) is 0 Å². The van der Waals surface area contributed by atoms with Gasteiger partial charge in [0.1, 0.15) is 0 Å². The predicted octanol–water partition coefficient (Wildman–Crippen LogP) is 4.49. The van der Waals surface area contributed by atoms with Crippen LogP contribution in [0.2, 0.25) is 0 Å². The van der Waals surface area contributed by atoms with Gasteiger partial charge in [0.25, 0.3) is 0 Å². The molecule has 8 nitrogen and oxygen atoms in total. The Hall–Kier alpha value is -2.22. The lowest BCUT2D eigenvalue weighted by atomic mass is 9.78. The van der Waals surface area contributed by atoms with Crippen molar-refractivity contribution in [1.82, 2.24) is 24.6 Å². The summed E-state index contributed by atoms with van der Waals surface area (Å²) in [4.78, 5) is 0. The molecule has 0 aromatic carbocycles. The van der Waals surface area contributed by atoms with Gasteiger partial charge in [-0.3, -0.25) is 14.4 Å². The van der Waals surface area contributed by atoms with Crippen LogP contribution in [0.5, 0.6) is 0 Å². The second kappa shape index (κ2) is 8.96. The summed E-state index contributed by atoms with van der Waals surface area (Å²) in [6.07, 6.45) is 11.9. The van der Waals surface area contributed by atoms with Gasteiger partial charge >= 0.3 is 0 Å². The van der Waals surface area contributed by atoms with Crippen LogP contribution in [-0.2, 0) is 4.74 Å². The fourth-order valence-electron chi connectivity index (χ4n) is 5.56. The summed E-state index contributed by atoms with van der Waals surface area (Å²) in [6.45, 7) is 8.79. The second-order valence-electron chi connectivity index (χ2n) is 10.2. The van der Waals surface area contributed by atoms with Crippen molar-refractivity contribution >= 4 is 0 Å². The fraction of sp³-hybridized carbons (Fsp3) is 0.750. The van der Waals surface area contributed by atoms with Crippen molar-refractivity contribution in [3.8, 4) is 0 Å². The zero-order valence-corrected chi connectivity index (χ0v) is 19.8. The lowest BCUT2D eigenvalue weighted by Crippen LogP contribution is -2.38. The van der Waals surface area contributed by atoms with Gasteiger partial charge in [-0.2, -0.15) is 15.3 Å². The van der Waals surface area contributed by atoms with E-state index in [1.165, 1.54) is 36.9 Å². The highest BCUT2D eigenvalue weighted by Crippen LogP contribution is 2.56. The zero-order valence-electron chi connectivity index (χ0n) is 19.8. The number of ether oxygens (including phenoxy) is 1. The number of hydrogen-bond donors (Lipinski definition) is 0. The summed E-state index contributed by atoms with van der Waals surface area (Å²) in [7, 11) is 1.73. The van der Waals surface area contributed by atoms with E-state index in [-0.39, 0.29) is 12.1 Å². The molecule has 0 spiro atoms. The van der Waals surface area contributed by atoms with Gasteiger partial charge in [-0.25, -0.2) is 0 Å². The van der Waals surface area contributed by atoms with Gasteiger partial charge in [0, 0.05) is 37.2 Å². The molecule has 3 unspecified atom stereocenters. The first-order chi connectivity index (χ1) is 15.6. The molecule has 1 aliphatic heterocycles. The molecule has 0 bridgehead atoms. The van der Waals surface area contributed by atoms with E-state index >= 15 is 0 Å². The average molecular weight is 440 g/mol. The number of rotatable bonds is 11. The van der Waals surface area contributed by atoms with Crippen molar-refractivity contribution in [2.45, 2.75) is 70.5 Å². The first-order valence-corrected chi connectivity index (χ1v) is 12.3. The predicted molar refractivity (Wildman–Crippen MR) is 122 cm³/mol. The molecule has 0 saturated heterocycles. The minimum absolute atomic E-state index is 0.187. The summed E-state index contributed by atoms with van der Waals surface area (Å²) >= 11 is 0. The molecule has 3 atom stereocenters. The van der Waals surface area contributed by atoms with Crippen molar-refractivity contribution in [2.75, 3.05) is 26.8 Å². The van der Waals surface area contributed by atoms with Crippen molar-refractivity contribution in [1.29, 1.82) is 0 Å². The summed E-state index contributed by atoms with van der Waals surface area (Å²) in [6, 6.07) is 2.99. The maximum atomic E-state index is 5.25. The Kier molecular flexibility index (Phi) is 6.05. The number of nitrogens with zero attached hydrogens (tertiary/aromatic N) is 7. The van der Waals surface area contributed by atoms with Crippen molar-refractivity contribution in [3.05, 3.63) is 35.9 Å². The fourth-order valence-corrected chi connectivity index (χ4v) is 5.56. The Morgan fingerprint density at radius 3 is 2.50 bits per heavy atom. The third-order valence-electron chi connectivity index (χ3n) is 7.54.